The molecule has 3 atom stereocenters. The summed E-state index contributed by atoms with van der Waals surface area (Å²) in [4.78, 5) is 4.31. The fourth-order valence-electron chi connectivity index (χ4n) is 3.36. The Balaban J connectivity index is 1.87. The molecule has 0 spiro atoms. The lowest BCUT2D eigenvalue weighted by Gasteiger charge is -2.53. The van der Waals surface area contributed by atoms with Gasteiger partial charge in [0.1, 0.15) is 5.66 Å². The molecule has 0 bridgehead atoms. The molecule has 0 aromatic heterocycles. The van der Waals surface area contributed by atoms with Gasteiger partial charge in [0, 0.05) is 37.7 Å². The molecule has 20 heavy (non-hydrogen) atoms. The Bertz CT molecular complexity index is 351. The van der Waals surface area contributed by atoms with Crippen LogP contribution in [0.5, 0.6) is 0 Å². The fraction of sp³-hybridized carbons (Fsp3) is 1.00. The zero-order chi connectivity index (χ0) is 14.2. The Kier molecular flexibility index (Phi) is 4.27. The first-order valence-corrected chi connectivity index (χ1v) is 8.37. The van der Waals surface area contributed by atoms with E-state index in [0.717, 1.165) is 37.7 Å². The van der Waals surface area contributed by atoms with Gasteiger partial charge in [-0.2, -0.15) is 11.8 Å². The zero-order valence-electron chi connectivity index (χ0n) is 11.8. The zero-order valence-corrected chi connectivity index (χ0v) is 12.6. The van der Waals surface area contributed by atoms with Crippen LogP contribution in [0.25, 0.3) is 0 Å². The van der Waals surface area contributed by atoms with Crippen molar-refractivity contribution in [1.82, 2.24) is 9.80 Å². The third-order valence-corrected chi connectivity index (χ3v) is 5.58. The largest absolute Gasteiger partial charge is 0.379 e. The molecule has 6 N–H and O–H groups in total. The van der Waals surface area contributed by atoms with Gasteiger partial charge in [0.2, 0.25) is 5.85 Å². The van der Waals surface area contributed by atoms with Crippen molar-refractivity contribution in [3.8, 4) is 0 Å². The summed E-state index contributed by atoms with van der Waals surface area (Å²) in [5.74, 6) is 1.10. The molecule has 3 aliphatic heterocycles. The summed E-state index contributed by atoms with van der Waals surface area (Å²) in [5.41, 5.74) is 18.8. The quantitative estimate of drug-likeness (QED) is 0.538. The van der Waals surface area contributed by atoms with E-state index in [-0.39, 0.29) is 6.04 Å². The van der Waals surface area contributed by atoms with Gasteiger partial charge in [-0.3, -0.25) is 15.5 Å². The predicted octanol–water partition coefficient (Wildman–Crippen LogP) is -2.01. The molecular weight excluding hydrogens is 278 g/mol. The number of thioether (sulfide) groups is 1. The van der Waals surface area contributed by atoms with E-state index in [1.54, 1.807) is 0 Å². The van der Waals surface area contributed by atoms with Gasteiger partial charge in [-0.05, 0) is 0 Å². The summed E-state index contributed by atoms with van der Waals surface area (Å²) >= 11 is 1.93. The first-order valence-electron chi connectivity index (χ1n) is 7.22. The minimum absolute atomic E-state index is 0.292. The van der Waals surface area contributed by atoms with Crippen LogP contribution >= 0.6 is 11.8 Å². The van der Waals surface area contributed by atoms with Gasteiger partial charge in [-0.25, -0.2) is 0 Å². The normalized spacial score (nSPS) is 44.9. The highest BCUT2D eigenvalue weighted by molar-refractivity contribution is 7.99. The lowest BCUT2D eigenvalue weighted by molar-refractivity contribution is -0.192. The molecule has 8 heteroatoms. The summed E-state index contributed by atoms with van der Waals surface area (Å²) in [5, 5.41) is 0. The minimum Gasteiger partial charge on any atom is -0.379 e. The topological polar surface area (TPSA) is 103 Å². The number of morpholine rings is 1. The SMILES string of the molecule is NC1COC(N)(N2CCSCC2)C1(N)N1CCOCC1. The number of nitrogens with two attached hydrogens (primary N) is 3. The second-order valence-electron chi connectivity index (χ2n) is 5.64. The molecule has 0 aliphatic carbocycles. The van der Waals surface area contributed by atoms with Crippen LogP contribution in [0.2, 0.25) is 0 Å². The molecular formula is C12H25N5O2S. The van der Waals surface area contributed by atoms with Crippen molar-refractivity contribution >= 4 is 11.8 Å². The molecule has 3 rings (SSSR count). The highest BCUT2D eigenvalue weighted by Crippen LogP contribution is 2.36. The molecule has 7 nitrogen and oxygen atoms in total. The number of nitrogens with zero attached hydrogens (tertiary/aromatic N) is 2. The Morgan fingerprint density at radius 2 is 1.65 bits per heavy atom. The third-order valence-electron chi connectivity index (χ3n) is 4.64. The van der Waals surface area contributed by atoms with Crippen molar-refractivity contribution in [3.63, 3.8) is 0 Å². The van der Waals surface area contributed by atoms with Crippen LogP contribution in [0.1, 0.15) is 0 Å². The van der Waals surface area contributed by atoms with Crippen molar-refractivity contribution in [1.29, 1.82) is 0 Å². The van der Waals surface area contributed by atoms with E-state index in [9.17, 15) is 0 Å². The molecule has 3 unspecified atom stereocenters. The summed E-state index contributed by atoms with van der Waals surface area (Å²) in [7, 11) is 0. The smallest absolute Gasteiger partial charge is 0.209 e. The van der Waals surface area contributed by atoms with Gasteiger partial charge in [-0.1, -0.05) is 0 Å². The number of rotatable bonds is 2. The predicted molar refractivity (Wildman–Crippen MR) is 79.1 cm³/mol. The Morgan fingerprint density at radius 3 is 2.30 bits per heavy atom. The molecule has 3 aliphatic rings. The Labute approximate surface area is 124 Å². The maximum absolute atomic E-state index is 6.73. The number of hydrogen-bond acceptors (Lipinski definition) is 8. The molecule has 0 radical (unpaired) electrons. The minimum atomic E-state index is -1.01. The van der Waals surface area contributed by atoms with E-state index in [4.69, 9.17) is 26.7 Å². The van der Waals surface area contributed by atoms with Crippen molar-refractivity contribution in [3.05, 3.63) is 0 Å². The van der Waals surface area contributed by atoms with Gasteiger partial charge in [0.25, 0.3) is 0 Å². The van der Waals surface area contributed by atoms with Crippen LogP contribution in [0.15, 0.2) is 0 Å². The molecule has 0 amide bonds. The van der Waals surface area contributed by atoms with Gasteiger partial charge < -0.3 is 20.9 Å². The van der Waals surface area contributed by atoms with Gasteiger partial charge in [0.05, 0.1) is 25.9 Å². The average molecular weight is 303 g/mol. The second kappa shape index (κ2) is 5.69. The van der Waals surface area contributed by atoms with Crippen molar-refractivity contribution in [2.24, 2.45) is 17.2 Å². The van der Waals surface area contributed by atoms with Crippen molar-refractivity contribution < 1.29 is 9.47 Å². The van der Waals surface area contributed by atoms with Crippen LogP contribution in [0, 0.1) is 0 Å². The highest BCUT2D eigenvalue weighted by Gasteiger charge is 2.63. The molecule has 0 aromatic rings. The first kappa shape index (κ1) is 15.0. The van der Waals surface area contributed by atoms with E-state index in [1.165, 1.54) is 0 Å². The standard InChI is InChI=1S/C12H25N5O2S/c13-10-9-19-12(15,17-3-7-20-8-4-17)11(10,14)16-1-5-18-6-2-16/h10H,1-9,13-15H2. The monoisotopic (exact) mass is 303 g/mol. The van der Waals surface area contributed by atoms with Gasteiger partial charge >= 0.3 is 0 Å². The second-order valence-corrected chi connectivity index (χ2v) is 6.86. The van der Waals surface area contributed by atoms with Crippen LogP contribution in [-0.2, 0) is 9.47 Å². The number of ether oxygens (including phenoxy) is 2. The third kappa shape index (κ3) is 2.19. The molecule has 3 heterocycles. The molecule has 116 valence electrons. The summed E-state index contributed by atoms with van der Waals surface area (Å²) < 4.78 is 11.3. The number of hydrogen-bond donors (Lipinski definition) is 3. The summed E-state index contributed by atoms with van der Waals surface area (Å²) in [6.07, 6.45) is 0. The van der Waals surface area contributed by atoms with E-state index in [1.807, 2.05) is 11.8 Å². The van der Waals surface area contributed by atoms with Gasteiger partial charge in [-0.15, -0.1) is 0 Å². The summed E-state index contributed by atoms with van der Waals surface area (Å²) in [6, 6.07) is -0.292. The Hall–Kier alpha value is 0.0700. The van der Waals surface area contributed by atoms with E-state index >= 15 is 0 Å². The maximum Gasteiger partial charge on any atom is 0.209 e. The molecule has 0 saturated carbocycles. The van der Waals surface area contributed by atoms with Crippen LogP contribution in [0.3, 0.4) is 0 Å². The maximum atomic E-state index is 6.73. The summed E-state index contributed by atoms with van der Waals surface area (Å²) in [6.45, 7) is 4.99. The first-order chi connectivity index (χ1) is 9.59. The van der Waals surface area contributed by atoms with E-state index in [2.05, 4.69) is 9.80 Å². The molecule has 3 saturated heterocycles. The Morgan fingerprint density at radius 1 is 1.00 bits per heavy atom. The van der Waals surface area contributed by atoms with E-state index < -0.39 is 11.5 Å². The van der Waals surface area contributed by atoms with E-state index in [0.29, 0.717) is 19.8 Å². The highest BCUT2D eigenvalue weighted by atomic mass is 32.2. The van der Waals surface area contributed by atoms with Crippen LogP contribution < -0.4 is 17.2 Å². The van der Waals surface area contributed by atoms with Crippen molar-refractivity contribution in [2.45, 2.75) is 17.6 Å². The lowest BCUT2D eigenvalue weighted by Crippen LogP contribution is -2.83. The molecule has 3 fully saturated rings. The lowest BCUT2D eigenvalue weighted by atomic mass is 9.95. The average Bonchev–Trinajstić information content (AvgIpc) is 2.75. The van der Waals surface area contributed by atoms with Crippen LogP contribution in [-0.4, -0.2) is 84.9 Å². The van der Waals surface area contributed by atoms with Gasteiger partial charge in [0.15, 0.2) is 0 Å². The molecule has 0 aromatic carbocycles. The van der Waals surface area contributed by atoms with Crippen LogP contribution in [0.4, 0.5) is 0 Å². The fourth-order valence-corrected chi connectivity index (χ4v) is 4.26. The van der Waals surface area contributed by atoms with Crippen molar-refractivity contribution in [2.75, 3.05) is 57.5 Å².